The minimum Gasteiger partial charge on any atom is -0.459 e. The van der Waals surface area contributed by atoms with Crippen molar-refractivity contribution in [3.8, 4) is 0 Å². The molecule has 0 atom stereocenters. The third-order valence-electron chi connectivity index (χ3n) is 5.84. The van der Waals surface area contributed by atoms with Gasteiger partial charge in [-0.15, -0.1) is 0 Å². The lowest BCUT2D eigenvalue weighted by Gasteiger charge is -2.46. The number of carbonyl (C=O) groups is 1. The minimum atomic E-state index is -0.103. The first-order valence-electron chi connectivity index (χ1n) is 11.3. The number of allylic oxidation sites excluding steroid dienone is 1. The van der Waals surface area contributed by atoms with Crippen LogP contribution in [0.3, 0.4) is 0 Å². The van der Waals surface area contributed by atoms with Gasteiger partial charge in [-0.1, -0.05) is 89.5 Å². The van der Waals surface area contributed by atoms with Gasteiger partial charge in [0.2, 0.25) is 0 Å². The van der Waals surface area contributed by atoms with Crippen molar-refractivity contribution in [2.24, 2.45) is 27.6 Å². The quantitative estimate of drug-likeness (QED) is 0.359. The molecule has 0 bridgehead atoms. The fourth-order valence-corrected chi connectivity index (χ4v) is 5.86. The van der Waals surface area contributed by atoms with E-state index in [2.05, 4.69) is 83.1 Å². The van der Waals surface area contributed by atoms with Crippen molar-refractivity contribution in [3.63, 3.8) is 0 Å². The molecule has 0 aromatic heterocycles. The molecular formula is C26H48O2. The van der Waals surface area contributed by atoms with Crippen LogP contribution in [0, 0.1) is 27.6 Å². The van der Waals surface area contributed by atoms with Crippen LogP contribution in [0.25, 0.3) is 0 Å². The standard InChI is InChI=1S/C26H48O2/c1-23(2,3)20(24(4,5)6)19(21(25(7,8)9)26(10,11)12)22(27)28-18-16-14-13-15-17-18/h18,20H,13-17H2,1-12H3. The Morgan fingerprint density at radius 3 is 1.43 bits per heavy atom. The van der Waals surface area contributed by atoms with E-state index in [-0.39, 0.29) is 39.7 Å². The second-order valence-electron chi connectivity index (χ2n) is 13.1. The third kappa shape index (κ3) is 6.63. The third-order valence-corrected chi connectivity index (χ3v) is 5.84. The van der Waals surface area contributed by atoms with Crippen LogP contribution in [-0.4, -0.2) is 12.1 Å². The second kappa shape index (κ2) is 8.52. The van der Waals surface area contributed by atoms with Crippen molar-refractivity contribution in [2.75, 3.05) is 0 Å². The molecular weight excluding hydrogens is 344 g/mol. The van der Waals surface area contributed by atoms with Crippen LogP contribution in [0.4, 0.5) is 0 Å². The zero-order valence-corrected chi connectivity index (χ0v) is 21.0. The largest absolute Gasteiger partial charge is 0.459 e. The molecule has 1 saturated carbocycles. The zero-order valence-electron chi connectivity index (χ0n) is 21.0. The Morgan fingerprint density at radius 2 is 1.11 bits per heavy atom. The van der Waals surface area contributed by atoms with Crippen LogP contribution in [-0.2, 0) is 9.53 Å². The average molecular weight is 393 g/mol. The zero-order chi connectivity index (χ0) is 22.1. The van der Waals surface area contributed by atoms with Gasteiger partial charge < -0.3 is 4.74 Å². The monoisotopic (exact) mass is 392 g/mol. The van der Waals surface area contributed by atoms with E-state index in [4.69, 9.17) is 4.74 Å². The van der Waals surface area contributed by atoms with E-state index < -0.39 is 0 Å². The van der Waals surface area contributed by atoms with Gasteiger partial charge in [-0.05, 0) is 52.9 Å². The van der Waals surface area contributed by atoms with Gasteiger partial charge >= 0.3 is 5.97 Å². The summed E-state index contributed by atoms with van der Waals surface area (Å²) in [5.41, 5.74) is 1.89. The molecule has 0 radical (unpaired) electrons. The summed E-state index contributed by atoms with van der Waals surface area (Å²) in [5.74, 6) is 0.0474. The second-order valence-corrected chi connectivity index (χ2v) is 13.1. The number of ether oxygens (including phenoxy) is 1. The van der Waals surface area contributed by atoms with Gasteiger partial charge in [-0.25, -0.2) is 4.79 Å². The van der Waals surface area contributed by atoms with E-state index in [9.17, 15) is 4.79 Å². The molecule has 2 nitrogen and oxygen atoms in total. The molecule has 1 fully saturated rings. The molecule has 0 N–H and O–H groups in total. The number of hydrogen-bond acceptors (Lipinski definition) is 2. The highest BCUT2D eigenvalue weighted by Gasteiger charge is 2.46. The van der Waals surface area contributed by atoms with E-state index in [0.29, 0.717) is 0 Å². The van der Waals surface area contributed by atoms with Crippen molar-refractivity contribution < 1.29 is 9.53 Å². The SMILES string of the molecule is CC(C)(C)C(=C(C(=O)OC1CCCCC1)C(C(C)(C)C)C(C)(C)C)C(C)(C)C. The molecule has 0 amide bonds. The van der Waals surface area contributed by atoms with Crippen molar-refractivity contribution in [1.29, 1.82) is 0 Å². The van der Waals surface area contributed by atoms with Crippen molar-refractivity contribution in [2.45, 2.75) is 121 Å². The van der Waals surface area contributed by atoms with E-state index in [0.717, 1.165) is 18.4 Å². The lowest BCUT2D eigenvalue weighted by Crippen LogP contribution is -2.41. The summed E-state index contributed by atoms with van der Waals surface area (Å²) < 4.78 is 6.20. The lowest BCUT2D eigenvalue weighted by atomic mass is 9.58. The van der Waals surface area contributed by atoms with Crippen LogP contribution in [0.15, 0.2) is 11.1 Å². The predicted molar refractivity (Wildman–Crippen MR) is 121 cm³/mol. The Hall–Kier alpha value is -0.790. The van der Waals surface area contributed by atoms with Crippen LogP contribution in [0.2, 0.25) is 0 Å². The molecule has 0 spiro atoms. The molecule has 164 valence electrons. The maximum Gasteiger partial charge on any atom is 0.334 e. The van der Waals surface area contributed by atoms with Crippen molar-refractivity contribution >= 4 is 5.97 Å². The molecule has 0 unspecified atom stereocenters. The topological polar surface area (TPSA) is 26.3 Å². The van der Waals surface area contributed by atoms with Gasteiger partial charge in [0.1, 0.15) is 6.10 Å². The summed E-state index contributed by atoms with van der Waals surface area (Å²) in [6, 6.07) is 0. The molecule has 1 aliphatic carbocycles. The van der Waals surface area contributed by atoms with Gasteiger partial charge in [0, 0.05) is 11.5 Å². The molecule has 0 aromatic rings. The number of rotatable bonds is 3. The smallest absolute Gasteiger partial charge is 0.334 e. The van der Waals surface area contributed by atoms with E-state index in [1.54, 1.807) is 0 Å². The summed E-state index contributed by atoms with van der Waals surface area (Å²) >= 11 is 0. The Balaban J connectivity index is 3.69. The van der Waals surface area contributed by atoms with Crippen molar-refractivity contribution in [1.82, 2.24) is 0 Å². The Bertz CT molecular complexity index is 532. The summed E-state index contributed by atoms with van der Waals surface area (Å²) in [7, 11) is 0. The minimum absolute atomic E-state index is 0.0408. The van der Waals surface area contributed by atoms with Crippen LogP contribution < -0.4 is 0 Å². The highest BCUT2D eigenvalue weighted by Crippen LogP contribution is 2.51. The summed E-state index contributed by atoms with van der Waals surface area (Å²) in [6.07, 6.45) is 5.70. The van der Waals surface area contributed by atoms with Gasteiger partial charge in [-0.3, -0.25) is 0 Å². The Morgan fingerprint density at radius 1 is 0.714 bits per heavy atom. The molecule has 2 heteroatoms. The molecule has 0 heterocycles. The Kier molecular flexibility index (Phi) is 7.68. The summed E-state index contributed by atoms with van der Waals surface area (Å²) in [5, 5.41) is 0. The normalized spacial score (nSPS) is 17.6. The van der Waals surface area contributed by atoms with Gasteiger partial charge in [0.15, 0.2) is 0 Å². The first-order chi connectivity index (χ1) is 12.4. The fraction of sp³-hybridized carbons (Fsp3) is 0.885. The molecule has 1 rings (SSSR count). The highest BCUT2D eigenvalue weighted by molar-refractivity contribution is 5.91. The molecule has 28 heavy (non-hydrogen) atoms. The Labute approximate surface area is 175 Å². The van der Waals surface area contributed by atoms with Gasteiger partial charge in [0.25, 0.3) is 0 Å². The van der Waals surface area contributed by atoms with Crippen LogP contribution in [0.1, 0.15) is 115 Å². The molecule has 0 saturated heterocycles. The van der Waals surface area contributed by atoms with Crippen LogP contribution >= 0.6 is 0 Å². The maximum absolute atomic E-state index is 13.8. The van der Waals surface area contributed by atoms with Gasteiger partial charge in [-0.2, -0.15) is 0 Å². The lowest BCUT2D eigenvalue weighted by molar-refractivity contribution is -0.148. The highest BCUT2D eigenvalue weighted by atomic mass is 16.5. The fourth-order valence-electron chi connectivity index (χ4n) is 5.86. The van der Waals surface area contributed by atoms with E-state index >= 15 is 0 Å². The number of hydrogen-bond donors (Lipinski definition) is 0. The van der Waals surface area contributed by atoms with Gasteiger partial charge in [0.05, 0.1) is 0 Å². The van der Waals surface area contributed by atoms with Crippen molar-refractivity contribution in [3.05, 3.63) is 11.1 Å². The molecule has 0 aliphatic heterocycles. The van der Waals surface area contributed by atoms with E-state index in [1.165, 1.54) is 24.8 Å². The predicted octanol–water partition coefficient (Wildman–Crippen LogP) is 7.96. The first-order valence-corrected chi connectivity index (χ1v) is 11.3. The average Bonchev–Trinajstić information content (AvgIpc) is 2.41. The summed E-state index contributed by atoms with van der Waals surface area (Å²) in [4.78, 5) is 13.8. The molecule has 1 aliphatic rings. The van der Waals surface area contributed by atoms with Crippen LogP contribution in [0.5, 0.6) is 0 Å². The maximum atomic E-state index is 13.8. The number of carbonyl (C=O) groups excluding carboxylic acids is 1. The van der Waals surface area contributed by atoms with E-state index in [1.807, 2.05) is 0 Å². The summed E-state index contributed by atoms with van der Waals surface area (Å²) in [6.45, 7) is 27.0. The number of esters is 1. The molecule has 0 aromatic carbocycles. The first kappa shape index (κ1) is 25.2.